The van der Waals surface area contributed by atoms with E-state index in [9.17, 15) is 0 Å². The SMILES string of the molecule is c1ncc(-c2noc(CNC3CCCC3)n2)s1. The predicted molar refractivity (Wildman–Crippen MR) is 64.5 cm³/mol. The highest BCUT2D eigenvalue weighted by atomic mass is 32.1. The molecule has 0 atom stereocenters. The van der Waals surface area contributed by atoms with Crippen LogP contribution < -0.4 is 5.32 Å². The fraction of sp³-hybridized carbons (Fsp3) is 0.545. The zero-order valence-corrected chi connectivity index (χ0v) is 10.2. The molecule has 5 nitrogen and oxygen atoms in total. The fourth-order valence-corrected chi connectivity index (χ4v) is 2.66. The Labute approximate surface area is 103 Å². The highest BCUT2D eigenvalue weighted by Crippen LogP contribution is 2.20. The van der Waals surface area contributed by atoms with Crippen molar-refractivity contribution in [1.29, 1.82) is 0 Å². The smallest absolute Gasteiger partial charge is 0.240 e. The van der Waals surface area contributed by atoms with Crippen LogP contribution in [0, 0.1) is 0 Å². The van der Waals surface area contributed by atoms with Gasteiger partial charge in [0.25, 0.3) is 0 Å². The summed E-state index contributed by atoms with van der Waals surface area (Å²) < 4.78 is 5.20. The van der Waals surface area contributed by atoms with Crippen LogP contribution in [-0.2, 0) is 6.54 Å². The third-order valence-corrected chi connectivity index (χ3v) is 3.79. The Bertz CT molecular complexity index is 462. The topological polar surface area (TPSA) is 63.8 Å². The Morgan fingerprint density at radius 2 is 2.29 bits per heavy atom. The average Bonchev–Trinajstić information content (AvgIpc) is 3.09. The molecule has 2 aromatic rings. The molecule has 0 bridgehead atoms. The molecule has 0 aliphatic heterocycles. The van der Waals surface area contributed by atoms with E-state index in [1.165, 1.54) is 37.0 Å². The minimum atomic E-state index is 0.619. The maximum Gasteiger partial charge on any atom is 0.240 e. The van der Waals surface area contributed by atoms with Crippen molar-refractivity contribution in [3.05, 3.63) is 17.6 Å². The Hall–Kier alpha value is -1.27. The average molecular weight is 250 g/mol. The van der Waals surface area contributed by atoms with Crippen LogP contribution in [0.1, 0.15) is 31.6 Å². The summed E-state index contributed by atoms with van der Waals surface area (Å²) in [5.74, 6) is 1.29. The summed E-state index contributed by atoms with van der Waals surface area (Å²) in [5.41, 5.74) is 1.77. The van der Waals surface area contributed by atoms with E-state index in [2.05, 4.69) is 20.4 Å². The number of hydrogen-bond acceptors (Lipinski definition) is 6. The first-order valence-corrected chi connectivity index (χ1v) is 6.74. The molecular formula is C11H14N4OS. The van der Waals surface area contributed by atoms with Gasteiger partial charge in [0.2, 0.25) is 11.7 Å². The first kappa shape index (κ1) is 10.9. The highest BCUT2D eigenvalue weighted by molar-refractivity contribution is 7.13. The van der Waals surface area contributed by atoms with Gasteiger partial charge >= 0.3 is 0 Å². The number of thiazole rings is 1. The summed E-state index contributed by atoms with van der Waals surface area (Å²) in [6.45, 7) is 0.663. The first-order chi connectivity index (χ1) is 8.42. The molecule has 0 unspecified atom stereocenters. The van der Waals surface area contributed by atoms with Crippen LogP contribution in [0.4, 0.5) is 0 Å². The lowest BCUT2D eigenvalue weighted by atomic mass is 10.2. The summed E-state index contributed by atoms with van der Waals surface area (Å²) in [6, 6.07) is 0.619. The Kier molecular flexibility index (Phi) is 3.15. The monoisotopic (exact) mass is 250 g/mol. The molecule has 0 radical (unpaired) electrons. The second kappa shape index (κ2) is 4.93. The van der Waals surface area contributed by atoms with Crippen molar-refractivity contribution in [3.63, 3.8) is 0 Å². The van der Waals surface area contributed by atoms with Crippen LogP contribution in [0.25, 0.3) is 10.7 Å². The molecule has 1 aliphatic rings. The third-order valence-electron chi connectivity index (χ3n) is 3.02. The van der Waals surface area contributed by atoms with E-state index in [0.717, 1.165) is 4.88 Å². The number of hydrogen-bond donors (Lipinski definition) is 1. The molecule has 1 fully saturated rings. The zero-order valence-electron chi connectivity index (χ0n) is 9.43. The van der Waals surface area contributed by atoms with Crippen molar-refractivity contribution in [2.24, 2.45) is 0 Å². The summed E-state index contributed by atoms with van der Waals surface area (Å²) >= 11 is 1.52. The van der Waals surface area contributed by atoms with Gasteiger partial charge in [-0.2, -0.15) is 4.98 Å². The van der Waals surface area contributed by atoms with E-state index in [1.807, 2.05) is 0 Å². The van der Waals surface area contributed by atoms with Crippen molar-refractivity contribution in [2.75, 3.05) is 0 Å². The van der Waals surface area contributed by atoms with E-state index < -0.39 is 0 Å². The molecule has 1 saturated carbocycles. The molecule has 1 aliphatic carbocycles. The van der Waals surface area contributed by atoms with Gasteiger partial charge in [-0.1, -0.05) is 18.0 Å². The molecule has 6 heteroatoms. The van der Waals surface area contributed by atoms with Crippen molar-refractivity contribution in [1.82, 2.24) is 20.4 Å². The van der Waals surface area contributed by atoms with Gasteiger partial charge in [-0.25, -0.2) is 0 Å². The highest BCUT2D eigenvalue weighted by Gasteiger charge is 2.16. The van der Waals surface area contributed by atoms with Crippen LogP contribution in [0.2, 0.25) is 0 Å². The number of aromatic nitrogens is 3. The van der Waals surface area contributed by atoms with E-state index in [-0.39, 0.29) is 0 Å². The largest absolute Gasteiger partial charge is 0.338 e. The normalized spacial score (nSPS) is 16.7. The standard InChI is InChI=1S/C11H14N4OS/c1-2-4-8(3-1)13-6-10-14-11(15-16-10)9-5-12-7-17-9/h5,7-8,13H,1-4,6H2. The molecular weight excluding hydrogens is 236 g/mol. The number of rotatable bonds is 4. The zero-order chi connectivity index (χ0) is 11.5. The number of nitrogens with zero attached hydrogens (tertiary/aromatic N) is 3. The Morgan fingerprint density at radius 1 is 1.41 bits per heavy atom. The lowest BCUT2D eigenvalue weighted by Crippen LogP contribution is -2.25. The summed E-state index contributed by atoms with van der Waals surface area (Å²) in [6.07, 6.45) is 6.93. The lowest BCUT2D eigenvalue weighted by molar-refractivity contribution is 0.357. The minimum Gasteiger partial charge on any atom is -0.338 e. The van der Waals surface area contributed by atoms with Crippen LogP contribution in [0.15, 0.2) is 16.2 Å². The van der Waals surface area contributed by atoms with E-state index in [4.69, 9.17) is 4.52 Å². The Morgan fingerprint density at radius 3 is 3.06 bits per heavy atom. The summed E-state index contributed by atoms with van der Waals surface area (Å²) in [7, 11) is 0. The molecule has 17 heavy (non-hydrogen) atoms. The molecule has 2 heterocycles. The van der Waals surface area contributed by atoms with Gasteiger partial charge in [-0.15, -0.1) is 11.3 Å². The van der Waals surface area contributed by atoms with Crippen molar-refractivity contribution >= 4 is 11.3 Å². The van der Waals surface area contributed by atoms with Gasteiger partial charge in [0.1, 0.15) is 0 Å². The molecule has 0 aromatic carbocycles. The van der Waals surface area contributed by atoms with Gasteiger partial charge in [-0.05, 0) is 12.8 Å². The van der Waals surface area contributed by atoms with E-state index >= 15 is 0 Å². The van der Waals surface area contributed by atoms with Gasteiger partial charge in [0, 0.05) is 12.2 Å². The van der Waals surface area contributed by atoms with Crippen molar-refractivity contribution in [3.8, 4) is 10.7 Å². The predicted octanol–water partition coefficient (Wildman–Crippen LogP) is 2.23. The summed E-state index contributed by atoms with van der Waals surface area (Å²) in [4.78, 5) is 9.29. The van der Waals surface area contributed by atoms with Crippen LogP contribution >= 0.6 is 11.3 Å². The third kappa shape index (κ3) is 2.53. The van der Waals surface area contributed by atoms with Gasteiger partial charge < -0.3 is 9.84 Å². The van der Waals surface area contributed by atoms with E-state index in [1.54, 1.807) is 11.7 Å². The molecule has 0 spiro atoms. The molecule has 90 valence electrons. The minimum absolute atomic E-state index is 0.619. The fourth-order valence-electron chi connectivity index (χ4n) is 2.11. The molecule has 3 rings (SSSR count). The molecule has 2 aromatic heterocycles. The molecule has 1 N–H and O–H groups in total. The Balaban J connectivity index is 1.60. The van der Waals surface area contributed by atoms with Crippen LogP contribution in [0.5, 0.6) is 0 Å². The summed E-state index contributed by atoms with van der Waals surface area (Å²) in [5, 5.41) is 7.40. The van der Waals surface area contributed by atoms with Crippen LogP contribution in [-0.4, -0.2) is 21.2 Å². The van der Waals surface area contributed by atoms with Gasteiger partial charge in [0.05, 0.1) is 16.9 Å². The lowest BCUT2D eigenvalue weighted by Gasteiger charge is -2.08. The second-order valence-corrected chi connectivity index (χ2v) is 5.13. The van der Waals surface area contributed by atoms with Gasteiger partial charge in [0.15, 0.2) is 0 Å². The van der Waals surface area contributed by atoms with Crippen molar-refractivity contribution < 1.29 is 4.52 Å². The maximum absolute atomic E-state index is 5.20. The van der Waals surface area contributed by atoms with Crippen LogP contribution in [0.3, 0.4) is 0 Å². The second-order valence-electron chi connectivity index (χ2n) is 4.24. The quantitative estimate of drug-likeness (QED) is 0.901. The molecule has 0 amide bonds. The van der Waals surface area contributed by atoms with Gasteiger partial charge in [-0.3, -0.25) is 4.98 Å². The molecule has 0 saturated heterocycles. The number of nitrogens with one attached hydrogen (secondary N) is 1. The first-order valence-electron chi connectivity index (χ1n) is 5.86. The maximum atomic E-state index is 5.20. The van der Waals surface area contributed by atoms with E-state index in [0.29, 0.717) is 24.3 Å². The van der Waals surface area contributed by atoms with Crippen molar-refractivity contribution in [2.45, 2.75) is 38.3 Å².